The topological polar surface area (TPSA) is 60.0 Å². The molecular formula is C18H20BrNO4. The second-order valence-electron chi connectivity index (χ2n) is 5.59. The zero-order valence-corrected chi connectivity index (χ0v) is 15.4. The van der Waals surface area contributed by atoms with E-state index in [1.807, 2.05) is 12.1 Å². The first kappa shape index (κ1) is 16.9. The number of hydrogen-bond donors (Lipinski definition) is 2. The van der Waals surface area contributed by atoms with Crippen LogP contribution in [-0.2, 0) is 6.42 Å². The lowest BCUT2D eigenvalue weighted by Gasteiger charge is -2.29. The van der Waals surface area contributed by atoms with Crippen LogP contribution in [0.1, 0.15) is 22.7 Å². The van der Waals surface area contributed by atoms with Crippen LogP contribution >= 0.6 is 15.9 Å². The number of hydrogen-bond acceptors (Lipinski definition) is 5. The van der Waals surface area contributed by atoms with Crippen LogP contribution in [-0.4, -0.2) is 33.0 Å². The Bertz CT molecular complexity index is 763. The summed E-state index contributed by atoms with van der Waals surface area (Å²) in [6.07, 6.45) is 0.909. The van der Waals surface area contributed by atoms with E-state index in [0.717, 1.165) is 34.3 Å². The van der Waals surface area contributed by atoms with Crippen LogP contribution in [0.5, 0.6) is 23.0 Å². The molecule has 1 unspecified atom stereocenters. The molecule has 0 spiro atoms. The third kappa shape index (κ3) is 2.91. The predicted molar refractivity (Wildman–Crippen MR) is 95.5 cm³/mol. The minimum atomic E-state index is -0.0558. The SMILES string of the molecule is COc1cc(Br)c(C2NCCc3cc(OC)c(OC)cc32)cc1O. The Kier molecular flexibility index (Phi) is 4.87. The van der Waals surface area contributed by atoms with E-state index in [1.165, 1.54) is 12.7 Å². The van der Waals surface area contributed by atoms with Gasteiger partial charge in [-0.25, -0.2) is 0 Å². The van der Waals surface area contributed by atoms with Crippen LogP contribution in [0.2, 0.25) is 0 Å². The van der Waals surface area contributed by atoms with Crippen molar-refractivity contribution in [2.24, 2.45) is 0 Å². The van der Waals surface area contributed by atoms with Gasteiger partial charge in [-0.05, 0) is 47.4 Å². The van der Waals surface area contributed by atoms with Crippen LogP contribution in [0.3, 0.4) is 0 Å². The lowest BCUT2D eigenvalue weighted by atomic mass is 9.89. The Hall–Kier alpha value is -1.92. The molecule has 3 rings (SSSR count). The van der Waals surface area contributed by atoms with E-state index in [2.05, 4.69) is 21.2 Å². The second kappa shape index (κ2) is 6.91. The average Bonchev–Trinajstić information content (AvgIpc) is 2.61. The summed E-state index contributed by atoms with van der Waals surface area (Å²) in [5.41, 5.74) is 3.27. The summed E-state index contributed by atoms with van der Waals surface area (Å²) < 4.78 is 16.9. The number of phenols is 1. The summed E-state index contributed by atoms with van der Waals surface area (Å²) in [6, 6.07) is 7.48. The number of halogens is 1. The van der Waals surface area contributed by atoms with E-state index in [-0.39, 0.29) is 11.8 Å². The molecule has 0 amide bonds. The lowest BCUT2D eigenvalue weighted by molar-refractivity contribution is 0.352. The fraction of sp³-hybridized carbons (Fsp3) is 0.333. The van der Waals surface area contributed by atoms with Crippen molar-refractivity contribution in [1.82, 2.24) is 5.32 Å². The second-order valence-corrected chi connectivity index (χ2v) is 6.44. The molecule has 24 heavy (non-hydrogen) atoms. The Balaban J connectivity index is 2.11. The van der Waals surface area contributed by atoms with E-state index in [1.54, 1.807) is 26.4 Å². The van der Waals surface area contributed by atoms with E-state index in [9.17, 15) is 5.11 Å². The summed E-state index contributed by atoms with van der Waals surface area (Å²) in [5.74, 6) is 1.98. The summed E-state index contributed by atoms with van der Waals surface area (Å²) in [4.78, 5) is 0. The molecule has 1 aliphatic rings. The number of ether oxygens (including phenoxy) is 3. The summed E-state index contributed by atoms with van der Waals surface area (Å²) in [5, 5.41) is 13.7. The normalized spacial score (nSPS) is 16.4. The van der Waals surface area contributed by atoms with E-state index in [0.29, 0.717) is 11.5 Å². The standard InChI is InChI=1S/C18H20BrNO4/c1-22-15-9-13(19)12(7-14(15)21)18-11-8-17(24-3)16(23-2)6-10(11)4-5-20-18/h6-9,18,20-21H,4-5H2,1-3H3. The molecule has 2 N–H and O–H groups in total. The predicted octanol–water partition coefficient (Wildman–Crippen LogP) is 3.42. The van der Waals surface area contributed by atoms with E-state index < -0.39 is 0 Å². The third-order valence-electron chi connectivity index (χ3n) is 4.31. The maximum absolute atomic E-state index is 10.2. The van der Waals surface area contributed by atoms with Crippen LogP contribution < -0.4 is 19.5 Å². The fourth-order valence-electron chi connectivity index (χ4n) is 3.11. The molecule has 1 aliphatic heterocycles. The Morgan fingerprint density at radius 2 is 1.62 bits per heavy atom. The van der Waals surface area contributed by atoms with E-state index >= 15 is 0 Å². The van der Waals surface area contributed by atoms with Crippen molar-refractivity contribution in [2.45, 2.75) is 12.5 Å². The number of rotatable bonds is 4. The molecule has 0 bridgehead atoms. The molecule has 0 saturated carbocycles. The van der Waals surface area contributed by atoms with E-state index in [4.69, 9.17) is 14.2 Å². The zero-order valence-electron chi connectivity index (χ0n) is 13.9. The first-order valence-corrected chi connectivity index (χ1v) is 8.43. The highest BCUT2D eigenvalue weighted by molar-refractivity contribution is 9.10. The number of nitrogens with one attached hydrogen (secondary N) is 1. The maximum atomic E-state index is 10.2. The molecule has 128 valence electrons. The minimum Gasteiger partial charge on any atom is -0.504 e. The highest BCUT2D eigenvalue weighted by Crippen LogP contribution is 2.42. The van der Waals surface area contributed by atoms with Crippen molar-refractivity contribution >= 4 is 15.9 Å². The van der Waals surface area contributed by atoms with Crippen molar-refractivity contribution in [2.75, 3.05) is 27.9 Å². The van der Waals surface area contributed by atoms with Gasteiger partial charge < -0.3 is 24.6 Å². The molecule has 1 heterocycles. The van der Waals surface area contributed by atoms with Gasteiger partial charge in [0.1, 0.15) is 0 Å². The van der Waals surface area contributed by atoms with Crippen molar-refractivity contribution < 1.29 is 19.3 Å². The molecule has 0 fully saturated rings. The van der Waals surface area contributed by atoms with Crippen LogP contribution in [0.4, 0.5) is 0 Å². The highest BCUT2D eigenvalue weighted by atomic mass is 79.9. The van der Waals surface area contributed by atoms with Gasteiger partial charge in [0.15, 0.2) is 23.0 Å². The van der Waals surface area contributed by atoms with Crippen LogP contribution in [0, 0.1) is 0 Å². The maximum Gasteiger partial charge on any atom is 0.161 e. The smallest absolute Gasteiger partial charge is 0.161 e. The Morgan fingerprint density at radius 1 is 0.958 bits per heavy atom. The van der Waals surface area contributed by atoms with Gasteiger partial charge in [-0.2, -0.15) is 0 Å². The van der Waals surface area contributed by atoms with Gasteiger partial charge in [-0.15, -0.1) is 0 Å². The van der Waals surface area contributed by atoms with Gasteiger partial charge in [0.05, 0.1) is 27.4 Å². The summed E-state index contributed by atoms with van der Waals surface area (Å²) in [7, 11) is 4.80. The molecule has 1 atom stereocenters. The molecule has 5 nitrogen and oxygen atoms in total. The van der Waals surface area contributed by atoms with Gasteiger partial charge in [0.2, 0.25) is 0 Å². The van der Waals surface area contributed by atoms with Crippen LogP contribution in [0.15, 0.2) is 28.7 Å². The average molecular weight is 394 g/mol. The molecule has 2 aromatic rings. The molecule has 6 heteroatoms. The molecular weight excluding hydrogens is 374 g/mol. The summed E-state index contributed by atoms with van der Waals surface area (Å²) >= 11 is 3.59. The largest absolute Gasteiger partial charge is 0.504 e. The number of fused-ring (bicyclic) bond motifs is 1. The van der Waals surface area contributed by atoms with Gasteiger partial charge >= 0.3 is 0 Å². The lowest BCUT2D eigenvalue weighted by Crippen LogP contribution is -2.31. The van der Waals surface area contributed by atoms with Crippen molar-refractivity contribution in [3.8, 4) is 23.0 Å². The minimum absolute atomic E-state index is 0.0558. The first-order chi connectivity index (χ1) is 11.6. The monoisotopic (exact) mass is 393 g/mol. The van der Waals surface area contributed by atoms with Crippen molar-refractivity contribution in [3.63, 3.8) is 0 Å². The number of phenolic OH excluding ortho intramolecular Hbond substituents is 1. The number of methoxy groups -OCH3 is 3. The number of benzene rings is 2. The molecule has 0 aromatic heterocycles. The molecule has 0 saturated heterocycles. The van der Waals surface area contributed by atoms with Crippen molar-refractivity contribution in [3.05, 3.63) is 45.4 Å². The van der Waals surface area contributed by atoms with Gasteiger partial charge in [-0.1, -0.05) is 15.9 Å². The quantitative estimate of drug-likeness (QED) is 0.833. The van der Waals surface area contributed by atoms with Gasteiger partial charge in [-0.3, -0.25) is 0 Å². The van der Waals surface area contributed by atoms with Gasteiger partial charge in [0, 0.05) is 11.0 Å². The zero-order chi connectivity index (χ0) is 17.3. The Labute approximate surface area is 149 Å². The van der Waals surface area contributed by atoms with Gasteiger partial charge in [0.25, 0.3) is 0 Å². The first-order valence-electron chi connectivity index (χ1n) is 7.63. The van der Waals surface area contributed by atoms with Crippen LogP contribution in [0.25, 0.3) is 0 Å². The number of aromatic hydroxyl groups is 1. The fourth-order valence-corrected chi connectivity index (χ4v) is 3.66. The molecule has 0 radical (unpaired) electrons. The third-order valence-corrected chi connectivity index (χ3v) is 5.00. The molecule has 2 aromatic carbocycles. The molecule has 0 aliphatic carbocycles. The highest BCUT2D eigenvalue weighted by Gasteiger charge is 2.26. The summed E-state index contributed by atoms with van der Waals surface area (Å²) in [6.45, 7) is 0.840. The van der Waals surface area contributed by atoms with Crippen molar-refractivity contribution in [1.29, 1.82) is 0 Å². The Morgan fingerprint density at radius 3 is 2.29 bits per heavy atom.